The predicted octanol–water partition coefficient (Wildman–Crippen LogP) is 6.19. The van der Waals surface area contributed by atoms with Crippen molar-refractivity contribution in [2.75, 3.05) is 6.54 Å². The first-order valence-electron chi connectivity index (χ1n) is 9.83. The maximum atomic E-state index is 14.6. The van der Waals surface area contributed by atoms with E-state index in [1.165, 1.54) is 16.8 Å². The molecule has 0 radical (unpaired) electrons. The van der Waals surface area contributed by atoms with Gasteiger partial charge in [0.15, 0.2) is 0 Å². The van der Waals surface area contributed by atoms with Crippen molar-refractivity contribution < 1.29 is 13.6 Å². The Hall–Kier alpha value is -2.90. The van der Waals surface area contributed by atoms with Crippen LogP contribution >= 0.6 is 11.8 Å². The lowest BCUT2D eigenvalue weighted by Crippen LogP contribution is -2.46. The zero-order valence-corrected chi connectivity index (χ0v) is 18.4. The molecule has 3 rings (SSSR count). The third kappa shape index (κ3) is 4.73. The van der Waals surface area contributed by atoms with Gasteiger partial charge >= 0.3 is 0 Å². The molecule has 1 aliphatic heterocycles. The van der Waals surface area contributed by atoms with Gasteiger partial charge in [-0.25, -0.2) is 13.8 Å². The summed E-state index contributed by atoms with van der Waals surface area (Å²) < 4.78 is 28.5. The number of rotatable bonds is 6. The first kappa shape index (κ1) is 22.8. The fourth-order valence-electron chi connectivity index (χ4n) is 3.31. The molecule has 0 fully saturated rings. The van der Waals surface area contributed by atoms with Crippen LogP contribution in [0.25, 0.3) is 10.4 Å². The van der Waals surface area contributed by atoms with E-state index >= 15 is 0 Å². The van der Waals surface area contributed by atoms with Gasteiger partial charge in [-0.15, -0.1) is 0 Å². The summed E-state index contributed by atoms with van der Waals surface area (Å²) in [5.74, 6) is -1.46. The molecule has 0 aromatic heterocycles. The highest BCUT2D eigenvalue weighted by molar-refractivity contribution is 8.15. The van der Waals surface area contributed by atoms with Gasteiger partial charge < -0.3 is 0 Å². The minimum Gasteiger partial charge on any atom is -0.272 e. The Bertz CT molecular complexity index is 1050. The minimum atomic E-state index is -0.981. The van der Waals surface area contributed by atoms with Crippen LogP contribution in [0.4, 0.5) is 8.78 Å². The molecule has 0 N–H and O–H groups in total. The van der Waals surface area contributed by atoms with Crippen LogP contribution < -0.4 is 0 Å². The number of carbonyl (C=O) groups excluding carboxylic acids is 1. The summed E-state index contributed by atoms with van der Waals surface area (Å²) in [7, 11) is 0. The topological polar surface area (TPSA) is 81.4 Å². The SMILES string of the molecule is CC(C)(C)C(=O)N1N=C(c2cc(F)ccc2F)SC1(CCCN=[N+]=[N-])c1ccccc1. The van der Waals surface area contributed by atoms with Crippen LogP contribution in [0.15, 0.2) is 58.7 Å². The van der Waals surface area contributed by atoms with Crippen molar-refractivity contribution in [1.29, 1.82) is 0 Å². The molecule has 31 heavy (non-hydrogen) atoms. The van der Waals surface area contributed by atoms with E-state index in [1.807, 2.05) is 30.3 Å². The number of hydrogen-bond donors (Lipinski definition) is 0. The van der Waals surface area contributed by atoms with Gasteiger partial charge in [0, 0.05) is 22.4 Å². The summed E-state index contributed by atoms with van der Waals surface area (Å²) in [6, 6.07) is 12.5. The number of amides is 1. The van der Waals surface area contributed by atoms with Crippen molar-refractivity contribution in [3.63, 3.8) is 0 Å². The van der Waals surface area contributed by atoms with Crippen LogP contribution in [0.5, 0.6) is 0 Å². The average molecular weight is 444 g/mol. The number of halogens is 2. The lowest BCUT2D eigenvalue weighted by atomic mass is 9.92. The number of carbonyl (C=O) groups is 1. The molecule has 1 amide bonds. The second-order valence-corrected chi connectivity index (χ2v) is 9.47. The molecule has 9 heteroatoms. The standard InChI is InChI=1S/C22H23F2N5OS/c1-21(2,3)20(30)29-22(12-7-13-26-28-25,15-8-5-4-6-9-15)31-19(27-29)17-14-16(23)10-11-18(17)24/h4-6,8-11,14H,7,12-13H2,1-3H3. The Morgan fingerprint density at radius 3 is 2.58 bits per heavy atom. The van der Waals surface area contributed by atoms with Gasteiger partial charge in [0.05, 0.1) is 0 Å². The monoisotopic (exact) mass is 443 g/mol. The molecule has 1 aliphatic rings. The number of benzene rings is 2. The van der Waals surface area contributed by atoms with Crippen molar-refractivity contribution >= 4 is 22.7 Å². The first-order chi connectivity index (χ1) is 14.7. The molecule has 0 saturated heterocycles. The molecule has 1 heterocycles. The molecule has 0 spiro atoms. The molecular weight excluding hydrogens is 420 g/mol. The Balaban J connectivity index is 2.15. The van der Waals surface area contributed by atoms with Gasteiger partial charge in [-0.05, 0) is 42.1 Å². The molecule has 0 aliphatic carbocycles. The first-order valence-corrected chi connectivity index (χ1v) is 10.6. The molecule has 162 valence electrons. The smallest absolute Gasteiger partial charge is 0.249 e. The van der Waals surface area contributed by atoms with Crippen molar-refractivity contribution in [2.45, 2.75) is 38.5 Å². The Kier molecular flexibility index (Phi) is 6.67. The molecule has 6 nitrogen and oxygen atoms in total. The molecule has 1 unspecified atom stereocenters. The quantitative estimate of drug-likeness (QED) is 0.231. The maximum Gasteiger partial charge on any atom is 0.249 e. The van der Waals surface area contributed by atoms with Gasteiger partial charge in [-0.1, -0.05) is 68.0 Å². The number of hydrogen-bond acceptors (Lipinski definition) is 4. The zero-order valence-electron chi connectivity index (χ0n) is 17.5. The van der Waals surface area contributed by atoms with Crippen molar-refractivity contribution in [3.8, 4) is 0 Å². The van der Waals surface area contributed by atoms with Crippen LogP contribution in [0.1, 0.15) is 44.7 Å². The summed E-state index contributed by atoms with van der Waals surface area (Å²) in [6.45, 7) is 5.59. The molecule has 2 aromatic rings. The average Bonchev–Trinajstić information content (AvgIpc) is 3.13. The molecule has 0 bridgehead atoms. The summed E-state index contributed by atoms with van der Waals surface area (Å²) >= 11 is 1.21. The third-order valence-corrected chi connectivity index (χ3v) is 6.30. The third-order valence-electron chi connectivity index (χ3n) is 4.85. The molecule has 0 saturated carbocycles. The Morgan fingerprint density at radius 2 is 1.94 bits per heavy atom. The van der Waals surface area contributed by atoms with Gasteiger partial charge in [0.25, 0.3) is 0 Å². The lowest BCUT2D eigenvalue weighted by Gasteiger charge is -2.38. The Morgan fingerprint density at radius 1 is 1.23 bits per heavy atom. The Labute approximate surface area is 184 Å². The van der Waals surface area contributed by atoms with Gasteiger partial charge in [-0.3, -0.25) is 4.79 Å². The van der Waals surface area contributed by atoms with Gasteiger partial charge in [0.1, 0.15) is 21.5 Å². The summed E-state index contributed by atoms with van der Waals surface area (Å²) in [5, 5.41) is 9.72. The van der Waals surface area contributed by atoms with E-state index in [-0.39, 0.29) is 23.1 Å². The highest BCUT2D eigenvalue weighted by Gasteiger charge is 2.50. The number of hydrazone groups is 1. The van der Waals surface area contributed by atoms with Gasteiger partial charge in [-0.2, -0.15) is 5.10 Å². The largest absolute Gasteiger partial charge is 0.272 e. The lowest BCUT2D eigenvalue weighted by molar-refractivity contribution is -0.143. The molecule has 1 atom stereocenters. The summed E-state index contributed by atoms with van der Waals surface area (Å²) in [4.78, 5) is 15.2. The van der Waals surface area contributed by atoms with E-state index in [0.717, 1.165) is 23.8 Å². The zero-order chi connectivity index (χ0) is 22.6. The van der Waals surface area contributed by atoms with E-state index < -0.39 is 21.9 Å². The predicted molar refractivity (Wildman–Crippen MR) is 118 cm³/mol. The van der Waals surface area contributed by atoms with E-state index in [1.54, 1.807) is 20.8 Å². The van der Waals surface area contributed by atoms with Crippen LogP contribution in [0.3, 0.4) is 0 Å². The second kappa shape index (κ2) is 9.08. The van der Waals surface area contributed by atoms with E-state index in [4.69, 9.17) is 5.53 Å². The second-order valence-electron chi connectivity index (χ2n) is 8.21. The fourth-order valence-corrected chi connectivity index (χ4v) is 4.73. The molecular formula is C22H23F2N5OS. The maximum absolute atomic E-state index is 14.6. The normalized spacial score (nSPS) is 18.5. The van der Waals surface area contributed by atoms with Crippen LogP contribution in [-0.4, -0.2) is 22.5 Å². The van der Waals surface area contributed by atoms with E-state index in [0.29, 0.717) is 12.8 Å². The minimum absolute atomic E-state index is 0.00422. The van der Waals surface area contributed by atoms with Crippen LogP contribution in [0, 0.1) is 17.0 Å². The van der Waals surface area contributed by atoms with E-state index in [9.17, 15) is 13.6 Å². The number of azide groups is 1. The highest BCUT2D eigenvalue weighted by Crippen LogP contribution is 2.51. The van der Waals surface area contributed by atoms with Crippen LogP contribution in [0.2, 0.25) is 0 Å². The highest BCUT2D eigenvalue weighted by atomic mass is 32.2. The molecule has 2 aromatic carbocycles. The summed E-state index contributed by atoms with van der Waals surface area (Å²) in [5.41, 5.74) is 8.67. The van der Waals surface area contributed by atoms with Crippen LogP contribution in [-0.2, 0) is 9.67 Å². The van der Waals surface area contributed by atoms with Crippen molar-refractivity contribution in [3.05, 3.63) is 81.7 Å². The number of nitrogens with zero attached hydrogens (tertiary/aromatic N) is 5. The van der Waals surface area contributed by atoms with Gasteiger partial charge in [0.2, 0.25) is 5.91 Å². The van der Waals surface area contributed by atoms with E-state index in [2.05, 4.69) is 15.1 Å². The number of thioether (sulfide) groups is 1. The fraction of sp³-hybridized carbons (Fsp3) is 0.364. The van der Waals surface area contributed by atoms with Crippen molar-refractivity contribution in [2.24, 2.45) is 15.6 Å². The summed E-state index contributed by atoms with van der Waals surface area (Å²) in [6.07, 6.45) is 0.890. The van der Waals surface area contributed by atoms with Crippen molar-refractivity contribution in [1.82, 2.24) is 5.01 Å².